The number of hydrogen-bond acceptors (Lipinski definition) is 4. The number of aliphatic hydroxyl groups is 1. The zero-order valence-electron chi connectivity index (χ0n) is 8.41. The van der Waals surface area contributed by atoms with Crippen LogP contribution in [0.3, 0.4) is 0 Å². The Hall–Kier alpha value is -0.810. The minimum atomic E-state index is -0.498. The molecule has 5 nitrogen and oxygen atoms in total. The fourth-order valence-electron chi connectivity index (χ4n) is 1.45. The Morgan fingerprint density at radius 2 is 2.29 bits per heavy atom. The fraction of sp³-hybridized carbons (Fsp3) is 0.889. The predicted octanol–water partition coefficient (Wildman–Crippen LogP) is 0.274. The van der Waals surface area contributed by atoms with Gasteiger partial charge in [-0.25, -0.2) is 4.79 Å². The third-order valence-corrected chi connectivity index (χ3v) is 2.58. The molecule has 0 aromatic rings. The molecule has 1 aliphatic rings. The summed E-state index contributed by atoms with van der Waals surface area (Å²) in [5.41, 5.74) is -0.182. The van der Waals surface area contributed by atoms with E-state index < -0.39 is 6.09 Å². The van der Waals surface area contributed by atoms with E-state index in [9.17, 15) is 4.79 Å². The second-order valence-corrected chi connectivity index (χ2v) is 3.45. The van der Waals surface area contributed by atoms with E-state index in [0.717, 1.165) is 19.3 Å². The highest BCUT2D eigenvalue weighted by Crippen LogP contribution is 2.34. The average Bonchev–Trinajstić information content (AvgIpc) is 2.14. The van der Waals surface area contributed by atoms with Crippen molar-refractivity contribution in [2.24, 2.45) is 0 Å². The van der Waals surface area contributed by atoms with E-state index in [2.05, 4.69) is 10.1 Å². The first kappa shape index (κ1) is 11.3. The number of alkyl carbamates (subject to hydrolysis) is 1. The van der Waals surface area contributed by atoms with Crippen LogP contribution in [0.1, 0.15) is 19.3 Å². The Kier molecular flexibility index (Phi) is 4.16. The SMILES string of the molecule is COC1(CNC(=O)OCCO)CCC1. The zero-order valence-corrected chi connectivity index (χ0v) is 8.41. The maximum absolute atomic E-state index is 11.0. The summed E-state index contributed by atoms with van der Waals surface area (Å²) in [6.07, 6.45) is 2.59. The van der Waals surface area contributed by atoms with Gasteiger partial charge in [0.15, 0.2) is 0 Å². The van der Waals surface area contributed by atoms with Crippen molar-refractivity contribution >= 4 is 6.09 Å². The first-order chi connectivity index (χ1) is 6.72. The van der Waals surface area contributed by atoms with Crippen molar-refractivity contribution in [1.29, 1.82) is 0 Å². The molecule has 0 radical (unpaired) electrons. The molecule has 0 heterocycles. The summed E-state index contributed by atoms with van der Waals surface area (Å²) in [4.78, 5) is 11.0. The van der Waals surface area contributed by atoms with Gasteiger partial charge in [-0.1, -0.05) is 0 Å². The highest BCUT2D eigenvalue weighted by Gasteiger charge is 2.37. The molecule has 0 aromatic carbocycles. The van der Waals surface area contributed by atoms with Crippen molar-refractivity contribution in [3.05, 3.63) is 0 Å². The molecular weight excluding hydrogens is 186 g/mol. The van der Waals surface area contributed by atoms with Gasteiger partial charge in [-0.05, 0) is 19.3 Å². The second-order valence-electron chi connectivity index (χ2n) is 3.45. The van der Waals surface area contributed by atoms with Crippen LogP contribution in [0.2, 0.25) is 0 Å². The summed E-state index contributed by atoms with van der Waals surface area (Å²) in [6.45, 7) is 0.364. The Morgan fingerprint density at radius 1 is 1.57 bits per heavy atom. The molecule has 5 heteroatoms. The van der Waals surface area contributed by atoms with Gasteiger partial charge in [0.25, 0.3) is 0 Å². The van der Waals surface area contributed by atoms with Gasteiger partial charge in [0.2, 0.25) is 0 Å². The molecule has 1 saturated carbocycles. The summed E-state index contributed by atoms with van der Waals surface area (Å²) in [7, 11) is 1.65. The number of rotatable bonds is 5. The summed E-state index contributed by atoms with van der Waals surface area (Å²) < 4.78 is 9.95. The molecule has 82 valence electrons. The maximum Gasteiger partial charge on any atom is 0.407 e. The molecule has 2 N–H and O–H groups in total. The molecular formula is C9H17NO4. The number of carbonyl (C=O) groups is 1. The van der Waals surface area contributed by atoms with Gasteiger partial charge < -0.3 is 19.9 Å². The lowest BCUT2D eigenvalue weighted by molar-refractivity contribution is -0.0687. The first-order valence-electron chi connectivity index (χ1n) is 4.79. The molecule has 0 aromatic heterocycles. The first-order valence-corrected chi connectivity index (χ1v) is 4.79. The van der Waals surface area contributed by atoms with Gasteiger partial charge in [-0.3, -0.25) is 0 Å². The third-order valence-electron chi connectivity index (χ3n) is 2.58. The summed E-state index contributed by atoms with van der Waals surface area (Å²) in [5, 5.41) is 11.0. The standard InChI is InChI=1S/C9H17NO4/c1-13-9(3-2-4-9)7-10-8(12)14-6-5-11/h11H,2-7H2,1H3,(H,10,12). The molecule has 0 bridgehead atoms. The number of nitrogens with one attached hydrogen (secondary N) is 1. The van der Waals surface area contributed by atoms with Crippen LogP contribution in [-0.2, 0) is 9.47 Å². The molecule has 1 aliphatic carbocycles. The normalized spacial score (nSPS) is 18.4. The largest absolute Gasteiger partial charge is 0.447 e. The van der Waals surface area contributed by atoms with Gasteiger partial charge >= 0.3 is 6.09 Å². The number of ether oxygens (including phenoxy) is 2. The van der Waals surface area contributed by atoms with E-state index in [4.69, 9.17) is 9.84 Å². The average molecular weight is 203 g/mol. The summed E-state index contributed by atoms with van der Waals surface area (Å²) >= 11 is 0. The highest BCUT2D eigenvalue weighted by atomic mass is 16.6. The van der Waals surface area contributed by atoms with Gasteiger partial charge in [0.05, 0.1) is 12.2 Å². The van der Waals surface area contributed by atoms with Crippen LogP contribution in [-0.4, -0.2) is 43.7 Å². The maximum atomic E-state index is 11.0. The van der Waals surface area contributed by atoms with Crippen molar-refractivity contribution in [3.63, 3.8) is 0 Å². The van der Waals surface area contributed by atoms with Crippen LogP contribution in [0, 0.1) is 0 Å². The van der Waals surface area contributed by atoms with Gasteiger partial charge in [-0.2, -0.15) is 0 Å². The van der Waals surface area contributed by atoms with Crippen LogP contribution in [0.4, 0.5) is 4.79 Å². The van der Waals surface area contributed by atoms with Crippen molar-refractivity contribution < 1.29 is 19.4 Å². The lowest BCUT2D eigenvalue weighted by Gasteiger charge is -2.40. The number of amides is 1. The minimum Gasteiger partial charge on any atom is -0.447 e. The lowest BCUT2D eigenvalue weighted by Crippen LogP contribution is -2.49. The molecule has 0 saturated heterocycles. The van der Waals surface area contributed by atoms with Crippen molar-refractivity contribution in [2.45, 2.75) is 24.9 Å². The van der Waals surface area contributed by atoms with Crippen molar-refractivity contribution in [3.8, 4) is 0 Å². The van der Waals surface area contributed by atoms with Crippen LogP contribution in [0.25, 0.3) is 0 Å². The van der Waals surface area contributed by atoms with Crippen LogP contribution >= 0.6 is 0 Å². The van der Waals surface area contributed by atoms with E-state index >= 15 is 0 Å². The molecule has 0 unspecified atom stereocenters. The Morgan fingerprint density at radius 3 is 2.71 bits per heavy atom. The molecule has 0 aliphatic heterocycles. The van der Waals surface area contributed by atoms with E-state index in [1.165, 1.54) is 0 Å². The third kappa shape index (κ3) is 2.85. The van der Waals surface area contributed by atoms with Gasteiger partial charge in [0.1, 0.15) is 6.61 Å². The van der Waals surface area contributed by atoms with E-state index in [-0.39, 0.29) is 18.8 Å². The number of methoxy groups -OCH3 is 1. The van der Waals surface area contributed by atoms with Crippen LogP contribution in [0.15, 0.2) is 0 Å². The summed E-state index contributed by atoms with van der Waals surface area (Å²) in [5.74, 6) is 0. The highest BCUT2D eigenvalue weighted by molar-refractivity contribution is 5.67. The Bertz CT molecular complexity index is 186. The monoisotopic (exact) mass is 203 g/mol. The minimum absolute atomic E-state index is 0.0335. The molecule has 1 fully saturated rings. The molecule has 0 spiro atoms. The predicted molar refractivity (Wildman–Crippen MR) is 50.0 cm³/mol. The molecule has 1 amide bonds. The molecule has 14 heavy (non-hydrogen) atoms. The number of carbonyl (C=O) groups excluding carboxylic acids is 1. The van der Waals surface area contributed by atoms with Crippen LogP contribution < -0.4 is 5.32 Å². The molecule has 0 atom stereocenters. The fourth-order valence-corrected chi connectivity index (χ4v) is 1.45. The van der Waals surface area contributed by atoms with E-state index in [0.29, 0.717) is 6.54 Å². The molecule has 1 rings (SSSR count). The van der Waals surface area contributed by atoms with Crippen molar-refractivity contribution in [2.75, 3.05) is 26.9 Å². The number of aliphatic hydroxyl groups excluding tert-OH is 1. The zero-order chi connectivity index (χ0) is 10.4. The van der Waals surface area contributed by atoms with Gasteiger partial charge in [-0.15, -0.1) is 0 Å². The van der Waals surface area contributed by atoms with Gasteiger partial charge in [0, 0.05) is 13.7 Å². The Labute approximate surface area is 83.4 Å². The smallest absolute Gasteiger partial charge is 0.407 e. The Balaban J connectivity index is 2.15. The lowest BCUT2D eigenvalue weighted by atomic mass is 9.80. The topological polar surface area (TPSA) is 67.8 Å². The quantitative estimate of drug-likeness (QED) is 0.673. The summed E-state index contributed by atoms with van der Waals surface area (Å²) in [6, 6.07) is 0. The van der Waals surface area contributed by atoms with Crippen molar-refractivity contribution in [1.82, 2.24) is 5.32 Å². The van der Waals surface area contributed by atoms with E-state index in [1.54, 1.807) is 7.11 Å². The van der Waals surface area contributed by atoms with Crippen LogP contribution in [0.5, 0.6) is 0 Å². The van der Waals surface area contributed by atoms with E-state index in [1.807, 2.05) is 0 Å². The number of hydrogen-bond donors (Lipinski definition) is 2. The second kappa shape index (κ2) is 5.17.